The van der Waals surface area contributed by atoms with Gasteiger partial charge in [-0.3, -0.25) is 4.72 Å². The summed E-state index contributed by atoms with van der Waals surface area (Å²) in [5, 5.41) is 0. The molecule has 0 spiro atoms. The topological polar surface area (TPSA) is 59.1 Å². The van der Waals surface area contributed by atoms with Gasteiger partial charge in [0.15, 0.2) is 0 Å². The molecule has 0 saturated heterocycles. The molecule has 0 saturated carbocycles. The first-order valence-corrected chi connectivity index (χ1v) is 6.99. The third kappa shape index (κ3) is 3.48. The van der Waals surface area contributed by atoms with E-state index < -0.39 is 32.5 Å². The number of benzene rings is 1. The number of aromatic nitrogens is 1. The Kier molecular flexibility index (Phi) is 3.86. The normalized spacial score (nSPS) is 12.2. The van der Waals surface area contributed by atoms with Gasteiger partial charge in [-0.25, -0.2) is 17.8 Å². The van der Waals surface area contributed by atoms with E-state index in [1.807, 2.05) is 4.72 Å². The first kappa shape index (κ1) is 15.2. The number of halogens is 4. The van der Waals surface area contributed by atoms with Gasteiger partial charge in [0, 0.05) is 6.20 Å². The fourth-order valence-electron chi connectivity index (χ4n) is 1.51. The molecule has 0 atom stereocenters. The van der Waals surface area contributed by atoms with Crippen molar-refractivity contribution in [3.63, 3.8) is 0 Å². The third-order valence-electron chi connectivity index (χ3n) is 2.46. The lowest BCUT2D eigenvalue weighted by atomic mass is 10.2. The molecule has 0 unspecified atom stereocenters. The Morgan fingerprint density at radius 3 is 2.38 bits per heavy atom. The molecule has 0 aliphatic heterocycles. The van der Waals surface area contributed by atoms with Crippen LogP contribution in [-0.2, 0) is 16.2 Å². The summed E-state index contributed by atoms with van der Waals surface area (Å²) in [4.78, 5) is 2.98. The minimum Gasteiger partial charge on any atom is -0.263 e. The van der Waals surface area contributed by atoms with Crippen molar-refractivity contribution < 1.29 is 26.0 Å². The average Bonchev–Trinajstić information content (AvgIpc) is 2.38. The Morgan fingerprint density at radius 1 is 1.10 bits per heavy atom. The van der Waals surface area contributed by atoms with Crippen LogP contribution in [0.5, 0.6) is 0 Å². The molecule has 0 amide bonds. The van der Waals surface area contributed by atoms with Crippen molar-refractivity contribution in [2.24, 2.45) is 0 Å². The van der Waals surface area contributed by atoms with Crippen LogP contribution >= 0.6 is 0 Å². The van der Waals surface area contributed by atoms with E-state index in [1.165, 1.54) is 24.4 Å². The Hall–Kier alpha value is -2.16. The highest BCUT2D eigenvalue weighted by atomic mass is 32.2. The van der Waals surface area contributed by atoms with Crippen molar-refractivity contribution in [1.82, 2.24) is 4.98 Å². The second-order valence-corrected chi connectivity index (χ2v) is 5.64. The van der Waals surface area contributed by atoms with Crippen LogP contribution in [0.4, 0.5) is 23.4 Å². The van der Waals surface area contributed by atoms with Gasteiger partial charge in [0.2, 0.25) is 0 Å². The number of pyridine rings is 1. The first-order valence-electron chi connectivity index (χ1n) is 5.51. The lowest BCUT2D eigenvalue weighted by Crippen LogP contribution is -2.16. The van der Waals surface area contributed by atoms with Crippen molar-refractivity contribution >= 4 is 15.8 Å². The Labute approximate surface area is 117 Å². The van der Waals surface area contributed by atoms with Crippen molar-refractivity contribution in [1.29, 1.82) is 0 Å². The average molecular weight is 320 g/mol. The van der Waals surface area contributed by atoms with Gasteiger partial charge >= 0.3 is 6.18 Å². The second-order valence-electron chi connectivity index (χ2n) is 3.96. The van der Waals surface area contributed by atoms with Crippen molar-refractivity contribution in [2.45, 2.75) is 11.1 Å². The highest BCUT2D eigenvalue weighted by Gasteiger charge is 2.35. The van der Waals surface area contributed by atoms with Crippen molar-refractivity contribution in [2.75, 3.05) is 4.72 Å². The quantitative estimate of drug-likeness (QED) is 0.884. The van der Waals surface area contributed by atoms with Crippen LogP contribution in [-0.4, -0.2) is 13.4 Å². The molecular weight excluding hydrogens is 312 g/mol. The predicted molar refractivity (Wildman–Crippen MR) is 66.4 cm³/mol. The van der Waals surface area contributed by atoms with E-state index in [2.05, 4.69) is 4.98 Å². The highest BCUT2D eigenvalue weighted by Crippen LogP contribution is 2.33. The van der Waals surface area contributed by atoms with E-state index in [4.69, 9.17) is 0 Å². The fourth-order valence-corrected chi connectivity index (χ4v) is 2.54. The minimum absolute atomic E-state index is 0.0598. The summed E-state index contributed by atoms with van der Waals surface area (Å²) in [7, 11) is -4.29. The standard InChI is InChI=1S/C12H8F4N2O2S/c13-10-5-4-8(7-9(10)12(14,15)16)21(19,20)18-11-3-1-2-6-17-11/h1-7H,(H,17,18). The number of sulfonamides is 1. The SMILES string of the molecule is O=S(=O)(Nc1ccccn1)c1ccc(F)c(C(F)(F)F)c1. The van der Waals surface area contributed by atoms with Gasteiger partial charge in [0.05, 0.1) is 10.5 Å². The first-order chi connectivity index (χ1) is 9.70. The number of hydrogen-bond donors (Lipinski definition) is 1. The Balaban J connectivity index is 2.42. The molecule has 1 aromatic carbocycles. The monoisotopic (exact) mass is 320 g/mol. The molecule has 1 aromatic heterocycles. The van der Waals surface area contributed by atoms with Crippen molar-refractivity contribution in [3.8, 4) is 0 Å². The molecule has 0 radical (unpaired) electrons. The van der Waals surface area contributed by atoms with Gasteiger partial charge < -0.3 is 0 Å². The number of hydrogen-bond acceptors (Lipinski definition) is 3. The van der Waals surface area contributed by atoms with E-state index in [9.17, 15) is 26.0 Å². The molecule has 0 aliphatic rings. The number of anilines is 1. The number of alkyl halides is 3. The minimum atomic E-state index is -4.99. The lowest BCUT2D eigenvalue weighted by molar-refractivity contribution is -0.140. The number of nitrogens with one attached hydrogen (secondary N) is 1. The van der Waals surface area contributed by atoms with Gasteiger partial charge in [0.25, 0.3) is 10.0 Å². The largest absolute Gasteiger partial charge is 0.419 e. The summed E-state index contributed by atoms with van der Waals surface area (Å²) in [6, 6.07) is 5.80. The maximum absolute atomic E-state index is 13.1. The van der Waals surface area contributed by atoms with Crippen LogP contribution in [0.3, 0.4) is 0 Å². The summed E-state index contributed by atoms with van der Waals surface area (Å²) in [5.41, 5.74) is -1.65. The zero-order valence-electron chi connectivity index (χ0n) is 10.2. The van der Waals surface area contributed by atoms with Gasteiger partial charge in [-0.2, -0.15) is 13.2 Å². The molecule has 4 nitrogen and oxygen atoms in total. The molecule has 1 heterocycles. The summed E-state index contributed by atoms with van der Waals surface area (Å²) in [6.07, 6.45) is -3.68. The summed E-state index contributed by atoms with van der Waals surface area (Å²) >= 11 is 0. The molecule has 0 bridgehead atoms. The van der Waals surface area contributed by atoms with E-state index in [0.717, 1.165) is 6.07 Å². The molecule has 0 fully saturated rings. The lowest BCUT2D eigenvalue weighted by Gasteiger charge is -2.11. The van der Waals surface area contributed by atoms with E-state index >= 15 is 0 Å². The zero-order chi connectivity index (χ0) is 15.7. The summed E-state index contributed by atoms with van der Waals surface area (Å²) < 4.78 is 76.8. The van der Waals surface area contributed by atoms with Gasteiger partial charge in [0.1, 0.15) is 11.6 Å². The van der Waals surface area contributed by atoms with Crippen LogP contribution in [0.2, 0.25) is 0 Å². The van der Waals surface area contributed by atoms with Crippen LogP contribution in [0.1, 0.15) is 5.56 Å². The summed E-state index contributed by atoms with van der Waals surface area (Å²) in [6.45, 7) is 0. The van der Waals surface area contributed by atoms with Gasteiger partial charge in [-0.1, -0.05) is 6.07 Å². The molecular formula is C12H8F4N2O2S. The van der Waals surface area contributed by atoms with Crippen LogP contribution < -0.4 is 4.72 Å². The van der Waals surface area contributed by atoms with Crippen LogP contribution in [0.15, 0.2) is 47.5 Å². The molecule has 1 N–H and O–H groups in total. The van der Waals surface area contributed by atoms with Crippen molar-refractivity contribution in [3.05, 3.63) is 54.0 Å². The number of rotatable bonds is 3. The van der Waals surface area contributed by atoms with E-state index in [0.29, 0.717) is 6.07 Å². The van der Waals surface area contributed by atoms with Crippen LogP contribution in [0.25, 0.3) is 0 Å². The molecule has 9 heteroatoms. The summed E-state index contributed by atoms with van der Waals surface area (Å²) in [5.74, 6) is -1.60. The zero-order valence-corrected chi connectivity index (χ0v) is 11.0. The van der Waals surface area contributed by atoms with Crippen LogP contribution in [0, 0.1) is 5.82 Å². The Bertz CT molecular complexity index is 746. The third-order valence-corrected chi connectivity index (χ3v) is 3.81. The maximum atomic E-state index is 13.1. The van der Waals surface area contributed by atoms with Gasteiger partial charge in [-0.05, 0) is 30.3 Å². The fraction of sp³-hybridized carbons (Fsp3) is 0.0833. The molecule has 0 aliphatic carbocycles. The highest BCUT2D eigenvalue weighted by molar-refractivity contribution is 7.92. The predicted octanol–water partition coefficient (Wildman–Crippen LogP) is 3.04. The molecule has 112 valence electrons. The smallest absolute Gasteiger partial charge is 0.263 e. The molecule has 2 aromatic rings. The second kappa shape index (κ2) is 5.32. The molecule has 21 heavy (non-hydrogen) atoms. The van der Waals surface area contributed by atoms with Gasteiger partial charge in [-0.15, -0.1) is 0 Å². The number of nitrogens with zero attached hydrogens (tertiary/aromatic N) is 1. The van der Waals surface area contributed by atoms with E-state index in [1.54, 1.807) is 0 Å². The molecule has 2 rings (SSSR count). The Morgan fingerprint density at radius 2 is 1.81 bits per heavy atom. The van der Waals surface area contributed by atoms with E-state index in [-0.39, 0.29) is 11.9 Å². The maximum Gasteiger partial charge on any atom is 0.419 e.